The van der Waals surface area contributed by atoms with Crippen LogP contribution >= 0.6 is 22.9 Å². The number of halogens is 1. The number of hydrogen-bond acceptors (Lipinski definition) is 18. The number of nitrogens with zero attached hydrogens (tertiary/aromatic N) is 4. The van der Waals surface area contributed by atoms with E-state index in [1.54, 1.807) is 55.1 Å². The number of amides is 9. The number of primary amides is 1. The molecule has 10 rings (SSSR count). The third-order valence-corrected chi connectivity index (χ3v) is 19.7. The Labute approximate surface area is 609 Å². The van der Waals surface area contributed by atoms with E-state index in [1.165, 1.54) is 33.3 Å². The number of H-pyrrole nitrogens is 2. The molecule has 1 saturated heterocycles. The van der Waals surface area contributed by atoms with Gasteiger partial charge >= 0.3 is 12.2 Å². The zero-order valence-corrected chi connectivity index (χ0v) is 60.0. The first kappa shape index (κ1) is 76.8. The van der Waals surface area contributed by atoms with Crippen LogP contribution in [0.3, 0.4) is 0 Å². The minimum Gasteiger partial charge on any atom is -0.445 e. The van der Waals surface area contributed by atoms with Crippen molar-refractivity contribution in [2.45, 2.75) is 90.7 Å². The maximum atomic E-state index is 14.6. The van der Waals surface area contributed by atoms with Crippen LogP contribution in [-0.2, 0) is 70.3 Å². The number of benzene rings is 4. The predicted octanol–water partition coefficient (Wildman–Crippen LogP) is 8.62. The first-order valence-electron chi connectivity index (χ1n) is 34.9. The fraction of sp³-hybridized carbons (Fsp3) is 0.427. The van der Waals surface area contributed by atoms with Crippen molar-refractivity contribution >= 4 is 131 Å². The number of aryl methyl sites for hydroxylation is 1. The number of hydrogen-bond donors (Lipinski definition) is 6. The van der Waals surface area contributed by atoms with Gasteiger partial charge in [0.05, 0.1) is 75.0 Å². The lowest BCUT2D eigenvalue weighted by molar-refractivity contribution is -0.137. The van der Waals surface area contributed by atoms with Gasteiger partial charge in [-0.2, -0.15) is 0 Å². The molecule has 0 saturated carbocycles. The third kappa shape index (κ3) is 20.5. The van der Waals surface area contributed by atoms with E-state index in [0.717, 1.165) is 53.5 Å². The van der Waals surface area contributed by atoms with E-state index in [9.17, 15) is 52.7 Å². The van der Waals surface area contributed by atoms with Crippen molar-refractivity contribution in [2.75, 3.05) is 115 Å². The number of piperazine rings is 1. The zero-order valence-electron chi connectivity index (χ0n) is 58.4. The molecule has 0 spiro atoms. The van der Waals surface area contributed by atoms with Crippen LogP contribution < -0.4 is 31.3 Å². The summed E-state index contributed by atoms with van der Waals surface area (Å²) in [5.74, 6) is -3.96. The minimum atomic E-state index is -0.891. The summed E-state index contributed by atoms with van der Waals surface area (Å²) in [6.07, 6.45) is 2.33. The fourth-order valence-electron chi connectivity index (χ4n) is 12.6. The van der Waals surface area contributed by atoms with Gasteiger partial charge in [0.1, 0.15) is 12.3 Å². The summed E-state index contributed by atoms with van der Waals surface area (Å²) >= 11 is 8.08. The van der Waals surface area contributed by atoms with Crippen LogP contribution in [0.15, 0.2) is 102 Å². The number of alkyl halides is 1. The van der Waals surface area contributed by atoms with Crippen molar-refractivity contribution in [2.24, 2.45) is 17.6 Å². The summed E-state index contributed by atoms with van der Waals surface area (Å²) in [6, 6.07) is 24.5. The van der Waals surface area contributed by atoms with Crippen LogP contribution in [0.5, 0.6) is 5.75 Å². The summed E-state index contributed by atoms with van der Waals surface area (Å²) in [5, 5.41) is 13.0. The third-order valence-electron chi connectivity index (χ3n) is 18.2. The number of fused-ring (bicyclic) bond motifs is 5. The van der Waals surface area contributed by atoms with Crippen LogP contribution in [0.4, 0.5) is 21.0 Å². The minimum absolute atomic E-state index is 0.00288. The molecule has 7 N–H and O–H groups in total. The van der Waals surface area contributed by atoms with Gasteiger partial charge in [0.2, 0.25) is 23.6 Å². The highest BCUT2D eigenvalue weighted by Gasteiger charge is 2.38. The van der Waals surface area contributed by atoms with Gasteiger partial charge in [-0.3, -0.25) is 48.1 Å². The molecule has 0 unspecified atom stereocenters. The topological polar surface area (TPSA) is 350 Å². The molecule has 4 aromatic carbocycles. The lowest BCUT2D eigenvalue weighted by Crippen LogP contribution is -2.51. The summed E-state index contributed by atoms with van der Waals surface area (Å²) < 4.78 is 34.7. The number of nitrogens with two attached hydrogens (primary N) is 1. The number of ether oxygens (including phenoxy) is 6. The standard InChI is InChI=1S/C75H87ClN10O17S/c1-46(2)70(82-65(91)21-28-98-30-32-100-34-35-101-33-31-99-29-22-78-64(90)20-23-85-66(92)18-19-67(85)93)61(88)40-51(9-5-7-11-63(77)89)72(94)79-54-15-12-48(13-16-54)44-102-74(96)83-24-26-84(27-25-83)75(97)103-62-41-59-69(68-47(3)45-104-71(62)68)53(42-76)43-86(59)73(95)58-39-52-36-49(14-17-56(52)81-58)37-60(87)57-38-50-8-4-6-10-55(50)80-57/h4,6,8,10,12-19,36,38-39,41,45-46,51,53,70,80-81H,5,7,9,11,20-35,37,40,42-44H2,1-3H3,(H2,77,89)(H,78,90)(H,79,94)(H,82,91)/t51-,53-,70+/m1/s1. The summed E-state index contributed by atoms with van der Waals surface area (Å²) in [5.41, 5.74) is 12.2. The number of carbonyl (C=O) groups is 11. The quantitative estimate of drug-likeness (QED) is 0.00912. The van der Waals surface area contributed by atoms with Gasteiger partial charge in [0, 0.05) is 147 Å². The van der Waals surface area contributed by atoms with Crippen LogP contribution in [0.25, 0.3) is 31.9 Å². The Balaban J connectivity index is 0.631. The first-order valence-corrected chi connectivity index (χ1v) is 36.3. The normalized spacial score (nSPS) is 14.9. The van der Waals surface area contributed by atoms with Crippen molar-refractivity contribution in [1.82, 2.24) is 35.3 Å². The van der Waals surface area contributed by atoms with E-state index in [1.807, 2.05) is 60.8 Å². The molecule has 0 bridgehead atoms. The van der Waals surface area contributed by atoms with E-state index in [2.05, 4.69) is 25.9 Å². The summed E-state index contributed by atoms with van der Waals surface area (Å²) in [7, 11) is 0. The van der Waals surface area contributed by atoms with Crippen molar-refractivity contribution in [3.8, 4) is 5.75 Å². The van der Waals surface area contributed by atoms with Gasteiger partial charge < -0.3 is 74.8 Å². The highest BCUT2D eigenvalue weighted by molar-refractivity contribution is 7.17. The number of rotatable bonds is 38. The Morgan fingerprint density at radius 2 is 1.35 bits per heavy atom. The monoisotopic (exact) mass is 1470 g/mol. The van der Waals surface area contributed by atoms with E-state index in [-0.39, 0.29) is 152 Å². The second kappa shape index (κ2) is 37.0. The Morgan fingerprint density at radius 3 is 2.03 bits per heavy atom. The van der Waals surface area contributed by atoms with Crippen LogP contribution in [0.1, 0.15) is 108 Å². The highest BCUT2D eigenvalue weighted by atomic mass is 35.5. The second-order valence-corrected chi connectivity index (χ2v) is 27.3. The van der Waals surface area contributed by atoms with Gasteiger partial charge in [-0.15, -0.1) is 22.9 Å². The molecule has 104 heavy (non-hydrogen) atoms. The molecule has 552 valence electrons. The average molecular weight is 1470 g/mol. The lowest BCUT2D eigenvalue weighted by Gasteiger charge is -2.33. The second-order valence-electron chi connectivity index (χ2n) is 26.1. The predicted molar refractivity (Wildman–Crippen MR) is 390 cm³/mol. The molecule has 29 heteroatoms. The molecule has 9 amide bonds. The molecule has 6 heterocycles. The van der Waals surface area contributed by atoms with E-state index in [4.69, 9.17) is 45.8 Å². The number of para-hydroxylation sites is 1. The average Bonchev–Trinajstić information content (AvgIpc) is 1.58. The molecular formula is C75H87ClN10O17S. The molecule has 3 atom stereocenters. The number of carbonyl (C=O) groups excluding carboxylic acids is 11. The number of aromatic nitrogens is 2. The number of Topliss-reactive ketones (excluding diaryl/α,β-unsaturated/α-hetero) is 2. The smallest absolute Gasteiger partial charge is 0.415 e. The Kier molecular flexibility index (Phi) is 27.3. The number of imide groups is 1. The number of thiophene rings is 1. The molecule has 1 fully saturated rings. The summed E-state index contributed by atoms with van der Waals surface area (Å²) in [6.45, 7) is 8.68. The molecule has 7 aromatic rings. The SMILES string of the molecule is Cc1csc2c(OC(=O)N3CCN(C(=O)OCc4ccc(NC(=O)[C@H](CCCCC(N)=O)CC(=O)[C@@H](NC(=O)CCOCCOCCOCCOCCNC(=O)CCN5C(=O)C=CC5=O)C(C)C)cc4)CC3)cc3c(c12)[C@H](CCl)CN3C(=O)c1cc2cc(CC(=O)c3cc4ccccc4[nH]3)ccc2[nH]1. The number of aromatic amines is 2. The molecule has 0 radical (unpaired) electrons. The molecule has 3 aromatic heterocycles. The van der Waals surface area contributed by atoms with E-state index in [0.29, 0.717) is 79.9 Å². The first-order chi connectivity index (χ1) is 50.2. The van der Waals surface area contributed by atoms with Crippen molar-refractivity contribution in [3.05, 3.63) is 136 Å². The fourth-order valence-corrected chi connectivity index (χ4v) is 13.9. The van der Waals surface area contributed by atoms with Crippen LogP contribution in [0.2, 0.25) is 0 Å². The van der Waals surface area contributed by atoms with Gasteiger partial charge in [-0.25, -0.2) is 9.59 Å². The Hall–Kier alpha value is -9.84. The van der Waals surface area contributed by atoms with Gasteiger partial charge in [0.15, 0.2) is 17.3 Å². The van der Waals surface area contributed by atoms with Gasteiger partial charge in [-0.1, -0.05) is 56.7 Å². The van der Waals surface area contributed by atoms with E-state index < -0.39 is 53.7 Å². The van der Waals surface area contributed by atoms with Crippen LogP contribution in [0, 0.1) is 18.8 Å². The van der Waals surface area contributed by atoms with Gasteiger partial charge in [0.25, 0.3) is 17.7 Å². The number of unbranched alkanes of at least 4 members (excludes halogenated alkanes) is 1. The zero-order chi connectivity index (χ0) is 73.8. The molecule has 27 nitrogen and oxygen atoms in total. The molecule has 0 aliphatic carbocycles. The Morgan fingerprint density at radius 1 is 0.702 bits per heavy atom. The maximum absolute atomic E-state index is 14.6. The van der Waals surface area contributed by atoms with E-state index >= 15 is 0 Å². The molecular weight excluding hydrogens is 1380 g/mol. The van der Waals surface area contributed by atoms with Crippen molar-refractivity contribution in [3.63, 3.8) is 0 Å². The van der Waals surface area contributed by atoms with Crippen LogP contribution in [-0.4, -0.2) is 200 Å². The van der Waals surface area contributed by atoms with Crippen molar-refractivity contribution in [1.29, 1.82) is 0 Å². The maximum Gasteiger partial charge on any atom is 0.415 e. The largest absolute Gasteiger partial charge is 0.445 e. The number of ketones is 2. The lowest BCUT2D eigenvalue weighted by atomic mass is 9.89. The number of anilines is 2. The van der Waals surface area contributed by atoms with Crippen molar-refractivity contribution < 1.29 is 81.2 Å². The summed E-state index contributed by atoms with van der Waals surface area (Å²) in [4.78, 5) is 155. The highest BCUT2D eigenvalue weighted by Crippen LogP contribution is 2.49. The molecule has 3 aliphatic rings. The van der Waals surface area contributed by atoms with Gasteiger partial charge in [-0.05, 0) is 95.8 Å². The Bertz CT molecular complexity index is 4260. The molecule has 3 aliphatic heterocycles. The number of nitrogens with one attached hydrogen (secondary N) is 5.